The molecule has 0 radical (unpaired) electrons. The van der Waals surface area contributed by atoms with Gasteiger partial charge < -0.3 is 0 Å². The van der Waals surface area contributed by atoms with Crippen molar-refractivity contribution in [2.24, 2.45) is 16.2 Å². The molecule has 4 aliphatic rings. The van der Waals surface area contributed by atoms with Crippen molar-refractivity contribution in [1.82, 2.24) is 0 Å². The molecule has 1 saturated carbocycles. The quantitative estimate of drug-likeness (QED) is 0.205. The SMILES string of the molecule is CC(C)(C)C1=CC(C)(C)c2cc3[cH-]c4cc5c(cc4c3cc21)C(C(C)(C)C)=CC5(C)C.CC(C)(C)C1=CC[C-]=C1.[Zr+2]=[C]1CCCCC1. The van der Waals surface area contributed by atoms with Gasteiger partial charge in [-0.25, -0.2) is 6.08 Å². The van der Waals surface area contributed by atoms with Crippen LogP contribution in [0.1, 0.15) is 151 Å². The summed E-state index contributed by atoms with van der Waals surface area (Å²) >= 11 is 1.69. The van der Waals surface area contributed by atoms with Crippen molar-refractivity contribution in [2.45, 2.75) is 139 Å². The van der Waals surface area contributed by atoms with Crippen LogP contribution in [0.3, 0.4) is 0 Å². The molecule has 3 aromatic carbocycles. The summed E-state index contributed by atoms with van der Waals surface area (Å²) in [6.45, 7) is 30.1. The number of fused-ring (bicyclic) bond motifs is 5. The first kappa shape index (κ1) is 36.3. The Kier molecular flexibility index (Phi) is 9.83. The van der Waals surface area contributed by atoms with Crippen molar-refractivity contribution >= 4 is 35.9 Å². The van der Waals surface area contributed by atoms with Gasteiger partial charge in [-0.1, -0.05) is 131 Å². The van der Waals surface area contributed by atoms with Gasteiger partial charge in [-0.3, -0.25) is 6.08 Å². The Bertz CT molecular complexity index is 1710. The van der Waals surface area contributed by atoms with Crippen molar-refractivity contribution < 1.29 is 24.2 Å². The van der Waals surface area contributed by atoms with Crippen LogP contribution >= 0.6 is 0 Å². The molecule has 0 atom stereocenters. The molecule has 1 fully saturated rings. The Morgan fingerprint density at radius 2 is 1.09 bits per heavy atom. The van der Waals surface area contributed by atoms with Crippen molar-refractivity contribution in [2.75, 3.05) is 0 Å². The summed E-state index contributed by atoms with van der Waals surface area (Å²) in [4.78, 5) is 0. The summed E-state index contributed by atoms with van der Waals surface area (Å²) in [5, 5.41) is 5.58. The normalized spacial score (nSPS) is 19.8. The number of hydrogen-bond acceptors (Lipinski definition) is 0. The van der Waals surface area contributed by atoms with Gasteiger partial charge in [-0.2, -0.15) is 11.6 Å². The van der Waals surface area contributed by atoms with Gasteiger partial charge in [0.05, 0.1) is 0 Å². The molecule has 0 saturated heterocycles. The molecule has 0 bridgehead atoms. The molecule has 0 heterocycles. The summed E-state index contributed by atoms with van der Waals surface area (Å²) in [6, 6.07) is 12.3. The van der Waals surface area contributed by atoms with Gasteiger partial charge in [0.2, 0.25) is 0 Å². The van der Waals surface area contributed by atoms with E-state index in [9.17, 15) is 0 Å². The van der Waals surface area contributed by atoms with Crippen LogP contribution in [0.2, 0.25) is 0 Å². The molecule has 0 amide bonds. The van der Waals surface area contributed by atoms with Crippen molar-refractivity contribution in [3.8, 4) is 0 Å². The van der Waals surface area contributed by atoms with Crippen molar-refractivity contribution in [1.29, 1.82) is 0 Å². The zero-order valence-corrected chi connectivity index (χ0v) is 34.4. The summed E-state index contributed by atoms with van der Waals surface area (Å²) < 4.78 is 1.80. The number of allylic oxidation sites excluding steroid dienone is 8. The fourth-order valence-corrected chi connectivity index (χ4v) is 8.66. The first-order valence-corrected chi connectivity index (χ1v) is 19.4. The average Bonchev–Trinajstić information content (AvgIpc) is 3.71. The first-order valence-electron chi connectivity index (χ1n) is 18.1. The monoisotopic (exact) mass is 702 g/mol. The Labute approximate surface area is 302 Å². The van der Waals surface area contributed by atoms with Crippen LogP contribution in [0.15, 0.2) is 60.2 Å². The standard InChI is InChI=1S/C31H37.C9H13.C6H10.Zr/c1-28(2,3)26-16-30(7,8)24-12-18-11-19-13-25-23(15-21(19)20(18)14-22(24)26)27(29(4,5)6)17-31(25,9)10;1-9(2,3)8-6-4-5-7-8;1-2-4-6-5-3-1;/h11-17H,1-10H3;6-7H,4H2,1-3H3;1-5H2;/q2*-1;;+2. The molecular weight excluding hydrogens is 644 g/mol. The molecule has 7 rings (SSSR count). The predicted molar refractivity (Wildman–Crippen MR) is 206 cm³/mol. The predicted octanol–water partition coefficient (Wildman–Crippen LogP) is 13.5. The van der Waals surface area contributed by atoms with E-state index in [0.29, 0.717) is 5.41 Å². The average molecular weight is 704 g/mol. The third-order valence-electron chi connectivity index (χ3n) is 10.6. The molecule has 3 aromatic rings. The van der Waals surface area contributed by atoms with Gasteiger partial charge >= 0.3 is 59.5 Å². The van der Waals surface area contributed by atoms with Crippen LogP contribution in [0.5, 0.6) is 0 Å². The van der Waals surface area contributed by atoms with E-state index in [1.165, 1.54) is 92.6 Å². The molecule has 4 aliphatic carbocycles. The second-order valence-corrected chi connectivity index (χ2v) is 20.5. The molecule has 0 aromatic heterocycles. The van der Waals surface area contributed by atoms with Crippen LogP contribution in [-0.4, -0.2) is 3.21 Å². The fourth-order valence-electron chi connectivity index (χ4n) is 7.79. The van der Waals surface area contributed by atoms with Gasteiger partial charge in [0, 0.05) is 10.8 Å². The third kappa shape index (κ3) is 7.62. The third-order valence-corrected chi connectivity index (χ3v) is 11.8. The minimum atomic E-state index is 0.0848. The molecule has 0 N–H and O–H groups in total. The van der Waals surface area contributed by atoms with Gasteiger partial charge in [0.15, 0.2) is 0 Å². The Morgan fingerprint density at radius 3 is 1.38 bits per heavy atom. The number of rotatable bonds is 0. The van der Waals surface area contributed by atoms with Crippen molar-refractivity contribution in [3.63, 3.8) is 0 Å². The molecule has 0 unspecified atom stereocenters. The minimum absolute atomic E-state index is 0.0848. The van der Waals surface area contributed by atoms with E-state index in [4.69, 9.17) is 0 Å². The van der Waals surface area contributed by atoms with Gasteiger partial charge in [0.25, 0.3) is 0 Å². The van der Waals surface area contributed by atoms with Crippen molar-refractivity contribution in [3.05, 3.63) is 88.5 Å². The van der Waals surface area contributed by atoms with E-state index in [-0.39, 0.29) is 21.7 Å². The van der Waals surface area contributed by atoms with Gasteiger partial charge in [0.1, 0.15) is 0 Å². The molecule has 0 nitrogen and oxygen atoms in total. The van der Waals surface area contributed by atoms with E-state index in [1.54, 1.807) is 27.4 Å². The van der Waals surface area contributed by atoms with Crippen LogP contribution in [0.4, 0.5) is 0 Å². The summed E-state index contributed by atoms with van der Waals surface area (Å²) in [7, 11) is 0. The number of benzene rings is 2. The van der Waals surface area contributed by atoms with Gasteiger partial charge in [-0.15, -0.1) is 46.2 Å². The molecule has 0 aliphatic heterocycles. The summed E-state index contributed by atoms with van der Waals surface area (Å²) in [5.74, 6) is 0. The Hall–Kier alpha value is -1.98. The molecule has 0 spiro atoms. The maximum absolute atomic E-state index is 3.16. The number of hydrogen-bond donors (Lipinski definition) is 0. The van der Waals surface area contributed by atoms with E-state index < -0.39 is 0 Å². The van der Waals surface area contributed by atoms with Crippen LogP contribution in [0.25, 0.3) is 32.7 Å². The van der Waals surface area contributed by atoms with Crippen LogP contribution in [-0.2, 0) is 35.1 Å². The topological polar surface area (TPSA) is 0 Å². The van der Waals surface area contributed by atoms with Gasteiger partial charge in [-0.05, 0) is 33.1 Å². The molecule has 47 heavy (non-hydrogen) atoms. The molecular formula is C46H60Zr. The van der Waals surface area contributed by atoms with E-state index in [0.717, 1.165) is 6.42 Å². The summed E-state index contributed by atoms with van der Waals surface area (Å²) in [5.41, 5.74) is 11.0. The summed E-state index contributed by atoms with van der Waals surface area (Å²) in [6.07, 6.45) is 20.8. The van der Waals surface area contributed by atoms with E-state index in [1.807, 2.05) is 0 Å². The Morgan fingerprint density at radius 1 is 0.638 bits per heavy atom. The van der Waals surface area contributed by atoms with E-state index in [2.05, 4.69) is 151 Å². The van der Waals surface area contributed by atoms with Crippen LogP contribution in [0, 0.1) is 22.3 Å². The second-order valence-electron chi connectivity index (χ2n) is 18.8. The second kappa shape index (κ2) is 12.7. The van der Waals surface area contributed by atoms with Crippen LogP contribution < -0.4 is 0 Å². The first-order chi connectivity index (χ1) is 21.6. The van der Waals surface area contributed by atoms with E-state index >= 15 is 0 Å². The zero-order chi connectivity index (χ0) is 34.7. The zero-order valence-electron chi connectivity index (χ0n) is 31.9. The Balaban J connectivity index is 0.000000221. The molecule has 1 heteroatoms. The fraction of sp³-hybridized carbons (Fsp3) is 0.522. The molecule has 248 valence electrons. The maximum atomic E-state index is 3.16.